The first-order chi connectivity index (χ1) is 14.4. The molecule has 1 aliphatic heterocycles. The maximum absolute atomic E-state index is 13.6. The van der Waals surface area contributed by atoms with Crippen LogP contribution in [0.4, 0.5) is 10.2 Å². The van der Waals surface area contributed by atoms with Crippen LogP contribution in [0.25, 0.3) is 21.9 Å². The van der Waals surface area contributed by atoms with Crippen molar-refractivity contribution in [1.29, 1.82) is 0 Å². The Kier molecular flexibility index (Phi) is 5.35. The molecule has 2 amide bonds. The molecule has 1 saturated heterocycles. The average Bonchev–Trinajstić information content (AvgIpc) is 2.74. The topological polar surface area (TPSA) is 88.3 Å². The van der Waals surface area contributed by atoms with Gasteiger partial charge in [0.05, 0.1) is 5.56 Å². The first-order valence-corrected chi connectivity index (χ1v) is 9.93. The molecule has 1 fully saturated rings. The number of anilines is 1. The predicted molar refractivity (Wildman–Crippen MR) is 114 cm³/mol. The lowest BCUT2D eigenvalue weighted by atomic mass is 9.98. The number of hydrogen-bond donors (Lipinski definition) is 2. The Labute approximate surface area is 173 Å². The SMILES string of the molecule is CC(=O)N1CCC(NC(=O)c2cnc(N)c3cc(-c4cccc(F)c4)ccc23)CC1. The van der Waals surface area contributed by atoms with Crippen LogP contribution in [0.5, 0.6) is 0 Å². The third kappa shape index (κ3) is 3.96. The van der Waals surface area contributed by atoms with Crippen molar-refractivity contribution >= 4 is 28.4 Å². The number of piperidine rings is 1. The molecule has 0 saturated carbocycles. The lowest BCUT2D eigenvalue weighted by Crippen LogP contribution is -2.46. The minimum absolute atomic E-state index is 0.00673. The van der Waals surface area contributed by atoms with Gasteiger partial charge in [0.1, 0.15) is 11.6 Å². The second-order valence-corrected chi connectivity index (χ2v) is 7.58. The van der Waals surface area contributed by atoms with Crippen molar-refractivity contribution in [2.45, 2.75) is 25.8 Å². The zero-order valence-electron chi connectivity index (χ0n) is 16.7. The van der Waals surface area contributed by atoms with Gasteiger partial charge in [0.2, 0.25) is 5.91 Å². The highest BCUT2D eigenvalue weighted by Crippen LogP contribution is 2.29. The van der Waals surface area contributed by atoms with Crippen molar-refractivity contribution in [3.8, 4) is 11.1 Å². The molecule has 1 aromatic heterocycles. The fraction of sp³-hybridized carbons (Fsp3) is 0.261. The molecule has 0 spiro atoms. The summed E-state index contributed by atoms with van der Waals surface area (Å²) in [5.41, 5.74) is 8.04. The number of nitrogens with two attached hydrogens (primary N) is 1. The summed E-state index contributed by atoms with van der Waals surface area (Å²) < 4.78 is 13.6. The molecule has 6 nitrogen and oxygen atoms in total. The van der Waals surface area contributed by atoms with Crippen molar-refractivity contribution in [3.63, 3.8) is 0 Å². The molecule has 2 aromatic carbocycles. The molecule has 0 unspecified atom stereocenters. The fourth-order valence-electron chi connectivity index (χ4n) is 3.89. The standard InChI is InChI=1S/C23H23FN4O2/c1-14(29)28-9-7-18(8-10-28)27-23(30)21-13-26-22(25)20-12-16(5-6-19(20)21)15-3-2-4-17(24)11-15/h2-6,11-13,18H,7-10H2,1H3,(H2,25,26)(H,27,30). The molecule has 4 rings (SSSR count). The van der Waals surface area contributed by atoms with Crippen LogP contribution in [0.15, 0.2) is 48.7 Å². The number of halogens is 1. The van der Waals surface area contributed by atoms with Crippen LogP contribution in [-0.2, 0) is 4.79 Å². The van der Waals surface area contributed by atoms with Gasteiger partial charge in [-0.05, 0) is 47.6 Å². The van der Waals surface area contributed by atoms with E-state index < -0.39 is 0 Å². The molecule has 3 aromatic rings. The summed E-state index contributed by atoms with van der Waals surface area (Å²) in [7, 11) is 0. The normalized spacial score (nSPS) is 14.7. The maximum Gasteiger partial charge on any atom is 0.253 e. The van der Waals surface area contributed by atoms with E-state index in [1.54, 1.807) is 17.9 Å². The number of hydrogen-bond acceptors (Lipinski definition) is 4. The van der Waals surface area contributed by atoms with Crippen molar-refractivity contribution in [2.75, 3.05) is 18.8 Å². The molecule has 154 valence electrons. The van der Waals surface area contributed by atoms with Gasteiger partial charge in [0, 0.05) is 37.6 Å². The Morgan fingerprint density at radius 3 is 2.53 bits per heavy atom. The summed E-state index contributed by atoms with van der Waals surface area (Å²) in [4.78, 5) is 30.4. The number of carbonyl (C=O) groups excluding carboxylic acids is 2. The summed E-state index contributed by atoms with van der Waals surface area (Å²) in [6.45, 7) is 2.83. The van der Waals surface area contributed by atoms with Crippen LogP contribution in [0.1, 0.15) is 30.1 Å². The minimum atomic E-state index is -0.317. The molecule has 0 aliphatic carbocycles. The van der Waals surface area contributed by atoms with Gasteiger partial charge in [0.25, 0.3) is 5.91 Å². The predicted octanol–water partition coefficient (Wildman–Crippen LogP) is 3.36. The number of nitrogen functional groups attached to an aromatic ring is 1. The third-order valence-electron chi connectivity index (χ3n) is 5.60. The molecule has 7 heteroatoms. The van der Waals surface area contributed by atoms with Crippen LogP contribution in [0, 0.1) is 5.82 Å². The lowest BCUT2D eigenvalue weighted by Gasteiger charge is -2.31. The molecule has 1 aliphatic rings. The Morgan fingerprint density at radius 2 is 1.83 bits per heavy atom. The number of aromatic nitrogens is 1. The van der Waals surface area contributed by atoms with E-state index in [4.69, 9.17) is 5.73 Å². The Morgan fingerprint density at radius 1 is 1.10 bits per heavy atom. The van der Waals surface area contributed by atoms with Gasteiger partial charge in [0.15, 0.2) is 0 Å². The van der Waals surface area contributed by atoms with E-state index in [0.717, 1.165) is 24.0 Å². The third-order valence-corrected chi connectivity index (χ3v) is 5.60. The van der Waals surface area contributed by atoms with E-state index >= 15 is 0 Å². The molecule has 2 heterocycles. The van der Waals surface area contributed by atoms with Crippen LogP contribution in [-0.4, -0.2) is 40.8 Å². The van der Waals surface area contributed by atoms with Crippen molar-refractivity contribution in [2.24, 2.45) is 0 Å². The fourth-order valence-corrected chi connectivity index (χ4v) is 3.89. The maximum atomic E-state index is 13.6. The van der Waals surface area contributed by atoms with Crippen molar-refractivity contribution in [3.05, 3.63) is 60.0 Å². The van der Waals surface area contributed by atoms with Gasteiger partial charge in [-0.1, -0.05) is 24.3 Å². The quantitative estimate of drug-likeness (QED) is 0.698. The summed E-state index contributed by atoms with van der Waals surface area (Å²) in [5, 5.41) is 4.40. The largest absolute Gasteiger partial charge is 0.383 e. The smallest absolute Gasteiger partial charge is 0.253 e. The molecule has 0 radical (unpaired) electrons. The Bertz CT molecular complexity index is 1120. The molecule has 30 heavy (non-hydrogen) atoms. The van der Waals surface area contributed by atoms with Gasteiger partial charge in [-0.15, -0.1) is 0 Å². The highest BCUT2D eigenvalue weighted by Gasteiger charge is 2.23. The molecule has 0 bridgehead atoms. The van der Waals surface area contributed by atoms with Gasteiger partial charge in [-0.2, -0.15) is 0 Å². The molecular weight excluding hydrogens is 383 g/mol. The Hall–Kier alpha value is -3.48. The van der Waals surface area contributed by atoms with E-state index in [2.05, 4.69) is 10.3 Å². The van der Waals surface area contributed by atoms with Gasteiger partial charge >= 0.3 is 0 Å². The number of carbonyl (C=O) groups is 2. The molecule has 3 N–H and O–H groups in total. The van der Waals surface area contributed by atoms with Crippen LogP contribution in [0.3, 0.4) is 0 Å². The highest BCUT2D eigenvalue weighted by atomic mass is 19.1. The zero-order valence-corrected chi connectivity index (χ0v) is 16.7. The van der Waals surface area contributed by atoms with E-state index in [1.807, 2.05) is 24.3 Å². The van der Waals surface area contributed by atoms with Crippen LogP contribution >= 0.6 is 0 Å². The van der Waals surface area contributed by atoms with E-state index in [-0.39, 0.29) is 23.7 Å². The first kappa shape index (κ1) is 19.8. The summed E-state index contributed by atoms with van der Waals surface area (Å²) >= 11 is 0. The Balaban J connectivity index is 1.59. The minimum Gasteiger partial charge on any atom is -0.383 e. The number of fused-ring (bicyclic) bond motifs is 1. The summed E-state index contributed by atoms with van der Waals surface area (Å²) in [6, 6.07) is 11.8. The number of amides is 2. The number of nitrogens with zero attached hydrogens (tertiary/aromatic N) is 2. The number of rotatable bonds is 3. The van der Waals surface area contributed by atoms with Crippen molar-refractivity contribution < 1.29 is 14.0 Å². The number of nitrogens with one attached hydrogen (secondary N) is 1. The first-order valence-electron chi connectivity index (χ1n) is 9.93. The van der Waals surface area contributed by atoms with Crippen molar-refractivity contribution in [1.82, 2.24) is 15.2 Å². The number of benzene rings is 2. The second-order valence-electron chi connectivity index (χ2n) is 7.58. The number of likely N-dealkylation sites (tertiary alicyclic amines) is 1. The summed E-state index contributed by atoms with van der Waals surface area (Å²) in [6.07, 6.45) is 2.92. The van der Waals surface area contributed by atoms with Gasteiger partial charge in [-0.25, -0.2) is 9.37 Å². The van der Waals surface area contributed by atoms with Crippen LogP contribution < -0.4 is 11.1 Å². The molecule has 0 atom stereocenters. The van der Waals surface area contributed by atoms with E-state index in [9.17, 15) is 14.0 Å². The van der Waals surface area contributed by atoms with Gasteiger partial charge in [-0.3, -0.25) is 9.59 Å². The van der Waals surface area contributed by atoms with Gasteiger partial charge < -0.3 is 16.0 Å². The second kappa shape index (κ2) is 8.10. The monoisotopic (exact) mass is 406 g/mol. The van der Waals surface area contributed by atoms with E-state index in [0.29, 0.717) is 35.2 Å². The summed E-state index contributed by atoms with van der Waals surface area (Å²) in [5.74, 6) is -0.160. The van der Waals surface area contributed by atoms with E-state index in [1.165, 1.54) is 18.3 Å². The highest BCUT2D eigenvalue weighted by molar-refractivity contribution is 6.09. The zero-order chi connectivity index (χ0) is 21.3. The lowest BCUT2D eigenvalue weighted by molar-refractivity contribution is -0.129. The van der Waals surface area contributed by atoms with Crippen LogP contribution in [0.2, 0.25) is 0 Å². The average molecular weight is 406 g/mol. The molecular formula is C23H23FN4O2. The number of pyridine rings is 1.